The summed E-state index contributed by atoms with van der Waals surface area (Å²) in [6, 6.07) is 16.9. The number of hydrogen-bond donors (Lipinski definition) is 0. The summed E-state index contributed by atoms with van der Waals surface area (Å²) in [7, 11) is 0. The van der Waals surface area contributed by atoms with Gasteiger partial charge in [-0.25, -0.2) is 9.97 Å². The molecule has 0 radical (unpaired) electrons. The summed E-state index contributed by atoms with van der Waals surface area (Å²) in [5.41, 5.74) is 11.6. The van der Waals surface area contributed by atoms with E-state index < -0.39 is 0 Å². The fourth-order valence-corrected chi connectivity index (χ4v) is 19.8. The van der Waals surface area contributed by atoms with Crippen molar-refractivity contribution in [3.8, 4) is 19.5 Å². The zero-order chi connectivity index (χ0) is 67.1. The number of amides is 1. The second-order valence-corrected chi connectivity index (χ2v) is 34.9. The second kappa shape index (κ2) is 38.5. The van der Waals surface area contributed by atoms with Gasteiger partial charge < -0.3 is 14.7 Å². The first-order chi connectivity index (χ1) is 46.3. The van der Waals surface area contributed by atoms with E-state index >= 15 is 4.79 Å². The van der Waals surface area contributed by atoms with Crippen LogP contribution in [0.2, 0.25) is 0 Å². The second-order valence-electron chi connectivity index (χ2n) is 30.7. The average molecular weight is 1360 g/mol. The van der Waals surface area contributed by atoms with E-state index in [2.05, 4.69) is 158 Å². The summed E-state index contributed by atoms with van der Waals surface area (Å²) in [6.07, 6.45) is 54.8. The van der Waals surface area contributed by atoms with Crippen molar-refractivity contribution < 1.29 is 4.79 Å². The number of thiazole rings is 2. The Morgan fingerprint density at radius 2 is 0.958 bits per heavy atom. The Bertz CT molecular complexity index is 3260. The normalized spacial score (nSPS) is 16.7. The molecule has 1 amide bonds. The molecule has 10 heteroatoms. The van der Waals surface area contributed by atoms with Crippen molar-refractivity contribution in [3.05, 3.63) is 115 Å². The number of unbranched alkanes of at least 4 members (excludes halogenated alkanes) is 22. The average Bonchev–Trinajstić information content (AvgIpc) is 1.59. The SMILES string of the molecule is CCCCCCCCCCCCC(CCCCCC)CN1C2=CC(c3ccc(-c4cnc(C5=C6C(=O)N(CC(CCCC)CCCCCC)C(c7ncc(-c8ccc(C(C)C)s8)s7)=C6CN5CC(CCCC)CCCCCCCC)s4)s3)=CCC2c2ccc(C(C)(C)C)cc21. The summed E-state index contributed by atoms with van der Waals surface area (Å²) < 4.78 is 0. The molecule has 0 fully saturated rings. The number of allylic oxidation sites excluding steroid dienone is 4. The van der Waals surface area contributed by atoms with Crippen LogP contribution < -0.4 is 4.90 Å². The smallest absolute Gasteiger partial charge is 0.261 e. The van der Waals surface area contributed by atoms with Gasteiger partial charge in [-0.1, -0.05) is 274 Å². The van der Waals surface area contributed by atoms with Gasteiger partial charge in [-0.15, -0.1) is 45.3 Å². The van der Waals surface area contributed by atoms with Crippen LogP contribution in [0.25, 0.3) is 36.5 Å². The van der Waals surface area contributed by atoms with E-state index in [1.165, 1.54) is 268 Å². The highest BCUT2D eigenvalue weighted by molar-refractivity contribution is 7.23. The number of fused-ring (bicyclic) bond motifs is 4. The fourth-order valence-electron chi connectivity index (χ4n) is 15.6. The van der Waals surface area contributed by atoms with Crippen LogP contribution in [0.5, 0.6) is 0 Å². The molecule has 6 nitrogen and oxygen atoms in total. The van der Waals surface area contributed by atoms with E-state index in [4.69, 9.17) is 9.97 Å². The highest BCUT2D eigenvalue weighted by Crippen LogP contribution is 2.53. The number of thiophene rings is 2. The Kier molecular flexibility index (Phi) is 30.4. The molecule has 3 aliphatic heterocycles. The van der Waals surface area contributed by atoms with Gasteiger partial charge in [0.15, 0.2) is 0 Å². The predicted octanol–water partition coefficient (Wildman–Crippen LogP) is 27.3. The Hall–Kier alpha value is -4.09. The van der Waals surface area contributed by atoms with Crippen LogP contribution in [0.15, 0.2) is 83.9 Å². The third kappa shape index (κ3) is 20.5. The number of carbonyl (C=O) groups is 1. The third-order valence-corrected chi connectivity index (χ3v) is 26.4. The highest BCUT2D eigenvalue weighted by atomic mass is 32.1. The number of benzene rings is 1. The molecule has 7 heterocycles. The maximum Gasteiger partial charge on any atom is 0.261 e. The van der Waals surface area contributed by atoms with Crippen molar-refractivity contribution >= 4 is 73.9 Å². The maximum atomic E-state index is 16.1. The Balaban J connectivity index is 1.04. The molecule has 0 spiro atoms. The molecule has 0 saturated carbocycles. The van der Waals surface area contributed by atoms with Gasteiger partial charge in [0.25, 0.3) is 5.91 Å². The molecule has 522 valence electrons. The van der Waals surface area contributed by atoms with Crippen LogP contribution in [0.4, 0.5) is 5.69 Å². The largest absolute Gasteiger partial charge is 0.364 e. The van der Waals surface area contributed by atoms with E-state index in [1.54, 1.807) is 11.3 Å². The Labute approximate surface area is 595 Å². The van der Waals surface area contributed by atoms with Crippen molar-refractivity contribution in [1.29, 1.82) is 0 Å². The molecule has 5 aromatic rings. The van der Waals surface area contributed by atoms with Crippen molar-refractivity contribution in [1.82, 2.24) is 19.8 Å². The summed E-state index contributed by atoms with van der Waals surface area (Å²) in [4.78, 5) is 42.2. The maximum absolute atomic E-state index is 16.1. The van der Waals surface area contributed by atoms with Gasteiger partial charge in [0, 0.05) is 81.0 Å². The first kappa shape index (κ1) is 75.1. The van der Waals surface area contributed by atoms with Gasteiger partial charge >= 0.3 is 0 Å². The number of aromatic nitrogens is 2. The van der Waals surface area contributed by atoms with Crippen LogP contribution >= 0.6 is 45.3 Å². The molecule has 1 aromatic carbocycles. The van der Waals surface area contributed by atoms with Crippen LogP contribution in [0.1, 0.15) is 344 Å². The van der Waals surface area contributed by atoms with Crippen LogP contribution in [-0.4, -0.2) is 51.9 Å². The van der Waals surface area contributed by atoms with E-state index in [1.807, 2.05) is 34.0 Å². The van der Waals surface area contributed by atoms with E-state index in [9.17, 15) is 0 Å². The van der Waals surface area contributed by atoms with E-state index in [-0.39, 0.29) is 11.3 Å². The highest BCUT2D eigenvalue weighted by Gasteiger charge is 2.46. The molecule has 95 heavy (non-hydrogen) atoms. The number of anilines is 1. The summed E-state index contributed by atoms with van der Waals surface area (Å²) in [5, 5.41) is 1.98. The van der Waals surface area contributed by atoms with Crippen LogP contribution in [0, 0.1) is 17.8 Å². The molecular weight excluding hydrogens is 1240 g/mol. The lowest BCUT2D eigenvalue weighted by Crippen LogP contribution is -2.33. The Morgan fingerprint density at radius 3 is 1.48 bits per heavy atom. The molecule has 9 rings (SSSR count). The number of rotatable bonds is 46. The van der Waals surface area contributed by atoms with Crippen LogP contribution in [-0.2, 0) is 10.2 Å². The van der Waals surface area contributed by atoms with Crippen molar-refractivity contribution in [3.63, 3.8) is 0 Å². The molecule has 4 aliphatic rings. The van der Waals surface area contributed by atoms with Gasteiger partial charge in [-0.05, 0) is 127 Å². The quantitative estimate of drug-likeness (QED) is 0.0364. The van der Waals surface area contributed by atoms with E-state index in [0.717, 1.165) is 72.4 Å². The van der Waals surface area contributed by atoms with Crippen molar-refractivity contribution in [2.75, 3.05) is 31.1 Å². The zero-order valence-corrected chi connectivity index (χ0v) is 64.9. The molecule has 4 aromatic heterocycles. The number of hydrogen-bond acceptors (Lipinski definition) is 9. The summed E-state index contributed by atoms with van der Waals surface area (Å²) in [6.45, 7) is 29.2. The zero-order valence-electron chi connectivity index (χ0n) is 61.6. The number of carbonyl (C=O) groups excluding carboxylic acids is 1. The molecular formula is C85H127N5OS4. The molecule has 0 bridgehead atoms. The van der Waals surface area contributed by atoms with Gasteiger partial charge in [0.2, 0.25) is 0 Å². The minimum absolute atomic E-state index is 0.0808. The van der Waals surface area contributed by atoms with Gasteiger partial charge in [-0.3, -0.25) is 4.79 Å². The first-order valence-electron chi connectivity index (χ1n) is 39.3. The lowest BCUT2D eigenvalue weighted by atomic mass is 9.84. The summed E-state index contributed by atoms with van der Waals surface area (Å²) in [5.74, 6) is 2.71. The minimum Gasteiger partial charge on any atom is -0.364 e. The van der Waals surface area contributed by atoms with Crippen molar-refractivity contribution in [2.24, 2.45) is 17.8 Å². The lowest BCUT2D eigenvalue weighted by molar-refractivity contribution is -0.123. The van der Waals surface area contributed by atoms with Crippen LogP contribution in [0.3, 0.4) is 0 Å². The standard InChI is InChI=1S/C85H127N5OS4/c1-12-18-24-28-30-31-32-33-35-39-45-65(44-37-27-21-15-4)59-89-71-54-66(46-48-68(71)69-49-47-67(55-72(69)89)85(9,10)11)74-51-53-76(93-74)78-57-87-83(95-78)81-79-70(61-88(81)58-63(40-22-16-5)42-38-34-29-25-19-13-2)80(82-86-56-77(94-82)75-52-50-73(92-75)62(7)8)90(84(79)91)60-64(41-23-17-6)43-36-26-20-14-3/h46-47,49-57,62-65,68H,12-45,48,58-61H2,1-11H3. The molecule has 0 saturated heterocycles. The molecule has 4 atom stereocenters. The molecule has 1 aliphatic carbocycles. The third-order valence-electron chi connectivity index (χ3n) is 21.5. The minimum atomic E-state index is 0.0808. The predicted molar refractivity (Wildman–Crippen MR) is 419 cm³/mol. The van der Waals surface area contributed by atoms with Gasteiger partial charge in [0.05, 0.1) is 26.7 Å². The Morgan fingerprint density at radius 1 is 0.495 bits per heavy atom. The van der Waals surface area contributed by atoms with E-state index in [0.29, 0.717) is 29.6 Å². The van der Waals surface area contributed by atoms with Crippen molar-refractivity contribution in [2.45, 2.75) is 318 Å². The van der Waals surface area contributed by atoms with Gasteiger partial charge in [0.1, 0.15) is 10.0 Å². The topological polar surface area (TPSA) is 52.6 Å². The molecule has 4 unspecified atom stereocenters. The first-order valence-corrected chi connectivity index (χ1v) is 42.6. The van der Waals surface area contributed by atoms with Gasteiger partial charge in [-0.2, -0.15) is 0 Å². The molecule has 0 N–H and O–H groups in total. The monoisotopic (exact) mass is 1360 g/mol. The fraction of sp³-hybridized carbons (Fsp3) is 0.659. The summed E-state index contributed by atoms with van der Waals surface area (Å²) >= 11 is 7.42. The number of nitrogens with zero attached hydrogens (tertiary/aromatic N) is 5. The lowest BCUT2D eigenvalue weighted by Gasteiger charge is -2.31.